The Balaban J connectivity index is 1.46. The van der Waals surface area contributed by atoms with Gasteiger partial charge in [-0.25, -0.2) is 0 Å². The first kappa shape index (κ1) is 15.8. The Morgan fingerprint density at radius 1 is 0.909 bits per heavy atom. The van der Waals surface area contributed by atoms with E-state index in [9.17, 15) is 0 Å². The summed E-state index contributed by atoms with van der Waals surface area (Å²) in [6.45, 7) is 5.97. The van der Waals surface area contributed by atoms with Crippen LogP contribution in [0.4, 0.5) is 0 Å². The van der Waals surface area contributed by atoms with Crippen LogP contribution < -0.4 is 0 Å². The molecule has 0 amide bonds. The van der Waals surface area contributed by atoms with Crippen LogP contribution in [0, 0.1) is 18.8 Å². The fraction of sp³-hybridized carbons (Fsp3) is 0.600. The van der Waals surface area contributed by atoms with Crippen molar-refractivity contribution in [3.63, 3.8) is 0 Å². The molecular formula is C20H28O2. The molecule has 2 heteroatoms. The lowest BCUT2D eigenvalue weighted by Gasteiger charge is -2.29. The molecule has 0 atom stereocenters. The molecule has 2 fully saturated rings. The van der Waals surface area contributed by atoms with Gasteiger partial charge in [0, 0.05) is 5.92 Å². The van der Waals surface area contributed by atoms with Crippen molar-refractivity contribution in [3.8, 4) is 0 Å². The van der Waals surface area contributed by atoms with Crippen molar-refractivity contribution < 1.29 is 9.47 Å². The first-order valence-electron chi connectivity index (χ1n) is 8.69. The molecule has 1 aliphatic heterocycles. The molecule has 0 unspecified atom stereocenters. The molecule has 3 rings (SSSR count). The third-order valence-electron chi connectivity index (χ3n) is 5.07. The smallest absolute Gasteiger partial charge is 0.176 e. The summed E-state index contributed by atoms with van der Waals surface area (Å²) >= 11 is 0. The predicted molar refractivity (Wildman–Crippen MR) is 89.9 cm³/mol. The molecule has 1 aromatic carbocycles. The Morgan fingerprint density at radius 3 is 2.18 bits per heavy atom. The largest absolute Gasteiger partial charge is 0.348 e. The molecule has 1 heterocycles. The first-order valence-corrected chi connectivity index (χ1v) is 8.69. The fourth-order valence-corrected chi connectivity index (χ4v) is 3.39. The van der Waals surface area contributed by atoms with Crippen molar-refractivity contribution >= 4 is 0 Å². The van der Waals surface area contributed by atoms with Gasteiger partial charge in [-0.3, -0.25) is 0 Å². The second kappa shape index (κ2) is 7.43. The summed E-state index contributed by atoms with van der Waals surface area (Å²) in [5.41, 5.74) is 2.61. The molecule has 0 radical (unpaired) electrons. The van der Waals surface area contributed by atoms with E-state index in [4.69, 9.17) is 9.47 Å². The molecule has 0 spiro atoms. The molecule has 1 aliphatic carbocycles. The van der Waals surface area contributed by atoms with Gasteiger partial charge in [0.25, 0.3) is 0 Å². The Kier molecular flexibility index (Phi) is 5.32. The van der Waals surface area contributed by atoms with Gasteiger partial charge in [0.15, 0.2) is 6.29 Å². The van der Waals surface area contributed by atoms with Crippen molar-refractivity contribution in [2.75, 3.05) is 13.2 Å². The Bertz CT molecular complexity index is 475. The lowest BCUT2D eigenvalue weighted by Crippen LogP contribution is -2.29. The maximum absolute atomic E-state index is 5.88. The number of aryl methyl sites for hydroxylation is 1. The molecule has 2 nitrogen and oxygen atoms in total. The molecular weight excluding hydrogens is 272 g/mol. The zero-order chi connectivity index (χ0) is 15.4. The van der Waals surface area contributed by atoms with Crippen LogP contribution in [0.15, 0.2) is 36.4 Å². The highest BCUT2D eigenvalue weighted by Gasteiger charge is 2.22. The third-order valence-corrected chi connectivity index (χ3v) is 5.07. The van der Waals surface area contributed by atoms with Crippen LogP contribution in [0.2, 0.25) is 0 Å². The van der Waals surface area contributed by atoms with Gasteiger partial charge >= 0.3 is 0 Å². The summed E-state index contributed by atoms with van der Waals surface area (Å²) in [5.74, 6) is 1.99. The van der Waals surface area contributed by atoms with E-state index in [-0.39, 0.29) is 6.29 Å². The number of rotatable bonds is 3. The van der Waals surface area contributed by atoms with Crippen LogP contribution in [0.1, 0.15) is 49.7 Å². The number of hydrogen-bond acceptors (Lipinski definition) is 2. The summed E-state index contributed by atoms with van der Waals surface area (Å²) in [4.78, 5) is 0. The SMILES string of the molecule is Cc1ccc(C2COC(/C=C/C3CCC(C)CC3)OC2)cc1. The standard InChI is InChI=1S/C20H28O2/c1-15-3-7-17(8-4-15)9-12-20-21-13-19(14-22-20)18-10-5-16(2)6-11-18/h5-6,9-12,15,17,19-20H,3-4,7-8,13-14H2,1-2H3/b12-9+. The van der Waals surface area contributed by atoms with E-state index >= 15 is 0 Å². The van der Waals surface area contributed by atoms with Crippen LogP contribution in [0.5, 0.6) is 0 Å². The molecule has 1 aromatic rings. The molecule has 120 valence electrons. The highest BCUT2D eigenvalue weighted by molar-refractivity contribution is 5.25. The van der Waals surface area contributed by atoms with E-state index in [0.717, 1.165) is 25.0 Å². The van der Waals surface area contributed by atoms with E-state index in [1.54, 1.807) is 0 Å². The van der Waals surface area contributed by atoms with E-state index in [0.29, 0.717) is 5.92 Å². The van der Waals surface area contributed by atoms with E-state index in [2.05, 4.69) is 50.3 Å². The molecule has 22 heavy (non-hydrogen) atoms. The summed E-state index contributed by atoms with van der Waals surface area (Å²) in [7, 11) is 0. The topological polar surface area (TPSA) is 18.5 Å². The fourth-order valence-electron chi connectivity index (χ4n) is 3.39. The van der Waals surface area contributed by atoms with Gasteiger partial charge in [0.1, 0.15) is 0 Å². The van der Waals surface area contributed by atoms with Gasteiger partial charge in [-0.05, 0) is 43.2 Å². The van der Waals surface area contributed by atoms with Crippen LogP contribution >= 0.6 is 0 Å². The van der Waals surface area contributed by atoms with Gasteiger partial charge in [-0.15, -0.1) is 0 Å². The molecule has 1 saturated heterocycles. The molecule has 1 saturated carbocycles. The lowest BCUT2D eigenvalue weighted by atomic mass is 9.83. The summed E-state index contributed by atoms with van der Waals surface area (Å²) < 4.78 is 11.8. The van der Waals surface area contributed by atoms with Gasteiger partial charge in [0.2, 0.25) is 0 Å². The quantitative estimate of drug-likeness (QED) is 0.744. The summed E-state index contributed by atoms with van der Waals surface area (Å²) in [6, 6.07) is 8.69. The molecule has 0 aromatic heterocycles. The number of ether oxygens (including phenoxy) is 2. The van der Waals surface area contributed by atoms with Crippen molar-refractivity contribution in [3.05, 3.63) is 47.5 Å². The predicted octanol–water partition coefficient (Wildman–Crippen LogP) is 4.83. The van der Waals surface area contributed by atoms with Crippen molar-refractivity contribution in [1.29, 1.82) is 0 Å². The Morgan fingerprint density at radius 2 is 1.55 bits per heavy atom. The van der Waals surface area contributed by atoms with Gasteiger partial charge < -0.3 is 9.47 Å². The number of hydrogen-bond donors (Lipinski definition) is 0. The zero-order valence-electron chi connectivity index (χ0n) is 13.8. The third kappa shape index (κ3) is 4.21. The lowest BCUT2D eigenvalue weighted by molar-refractivity contribution is -0.159. The van der Waals surface area contributed by atoms with E-state index in [1.807, 2.05) is 0 Å². The van der Waals surface area contributed by atoms with Crippen molar-refractivity contribution in [1.82, 2.24) is 0 Å². The van der Waals surface area contributed by atoms with Crippen LogP contribution in [-0.2, 0) is 9.47 Å². The van der Waals surface area contributed by atoms with Gasteiger partial charge in [-0.1, -0.05) is 55.7 Å². The minimum atomic E-state index is -0.152. The molecule has 0 N–H and O–H groups in total. The minimum Gasteiger partial charge on any atom is -0.348 e. The zero-order valence-corrected chi connectivity index (χ0v) is 13.8. The Hall–Kier alpha value is -1.12. The van der Waals surface area contributed by atoms with E-state index in [1.165, 1.54) is 36.8 Å². The maximum atomic E-state index is 5.88. The first-order chi connectivity index (χ1) is 10.7. The van der Waals surface area contributed by atoms with Crippen LogP contribution in [-0.4, -0.2) is 19.5 Å². The van der Waals surface area contributed by atoms with Crippen LogP contribution in [0.25, 0.3) is 0 Å². The summed E-state index contributed by atoms with van der Waals surface area (Å²) in [6.07, 6.45) is 9.65. The number of benzene rings is 1. The highest BCUT2D eigenvalue weighted by atomic mass is 16.7. The van der Waals surface area contributed by atoms with Crippen LogP contribution in [0.3, 0.4) is 0 Å². The second-order valence-corrected chi connectivity index (χ2v) is 7.05. The second-order valence-electron chi connectivity index (χ2n) is 7.05. The monoisotopic (exact) mass is 300 g/mol. The van der Waals surface area contributed by atoms with Crippen molar-refractivity contribution in [2.45, 2.75) is 51.7 Å². The summed E-state index contributed by atoms with van der Waals surface area (Å²) in [5, 5.41) is 0. The molecule has 0 bridgehead atoms. The minimum absolute atomic E-state index is 0.152. The average Bonchev–Trinajstić information content (AvgIpc) is 2.56. The van der Waals surface area contributed by atoms with E-state index < -0.39 is 0 Å². The molecule has 2 aliphatic rings. The van der Waals surface area contributed by atoms with Crippen molar-refractivity contribution in [2.24, 2.45) is 11.8 Å². The average molecular weight is 300 g/mol. The highest BCUT2D eigenvalue weighted by Crippen LogP contribution is 2.29. The maximum Gasteiger partial charge on any atom is 0.176 e. The normalized spacial score (nSPS) is 33.2. The Labute approximate surface area is 134 Å². The van der Waals surface area contributed by atoms with Gasteiger partial charge in [-0.2, -0.15) is 0 Å². The van der Waals surface area contributed by atoms with Gasteiger partial charge in [0.05, 0.1) is 13.2 Å². The number of allylic oxidation sites excluding steroid dienone is 1.